The van der Waals surface area contributed by atoms with E-state index in [1.54, 1.807) is 11.3 Å². The lowest BCUT2D eigenvalue weighted by molar-refractivity contribution is 1.10. The third-order valence-electron chi connectivity index (χ3n) is 7.28. The van der Waals surface area contributed by atoms with Gasteiger partial charge in [0.25, 0.3) is 0 Å². The summed E-state index contributed by atoms with van der Waals surface area (Å²) in [4.78, 5) is 10.7. The highest BCUT2D eigenvalue weighted by atomic mass is 32.1. The second-order valence-electron chi connectivity index (χ2n) is 9.49. The van der Waals surface area contributed by atoms with Crippen molar-refractivity contribution >= 4 is 66.8 Å². The number of para-hydroxylation sites is 2. The summed E-state index contributed by atoms with van der Waals surface area (Å²) in [5.74, 6) is 0.857. The second-order valence-corrected chi connectivity index (χ2v) is 10.6. The molecule has 0 aliphatic carbocycles. The summed E-state index contributed by atoms with van der Waals surface area (Å²) >= 11 is 1.76. The van der Waals surface area contributed by atoms with E-state index in [-0.39, 0.29) is 0 Å². The summed E-state index contributed by atoms with van der Waals surface area (Å²) in [6, 6.07) is 38.6. The van der Waals surface area contributed by atoms with Gasteiger partial charge in [0, 0.05) is 11.1 Å². The molecule has 38 heavy (non-hydrogen) atoms. The van der Waals surface area contributed by atoms with Crippen LogP contribution in [0.4, 0.5) is 0 Å². The van der Waals surface area contributed by atoms with Crippen LogP contribution in [0.1, 0.15) is 10.4 Å². The molecule has 0 amide bonds. The zero-order valence-electron chi connectivity index (χ0n) is 20.4. The lowest BCUT2D eigenvalue weighted by atomic mass is 9.92. The third-order valence-corrected chi connectivity index (χ3v) is 8.31. The van der Waals surface area contributed by atoms with E-state index >= 15 is 0 Å². The first-order valence-electron chi connectivity index (χ1n) is 12.7. The van der Waals surface area contributed by atoms with Crippen molar-refractivity contribution in [2.75, 3.05) is 0 Å². The Labute approximate surface area is 223 Å². The fraction of sp³-hybridized carbons (Fsp3) is 0. The van der Waals surface area contributed by atoms with Crippen LogP contribution in [0, 0.1) is 0 Å². The number of benzene rings is 5. The van der Waals surface area contributed by atoms with Crippen LogP contribution >= 0.6 is 11.3 Å². The maximum Gasteiger partial charge on any atom is 0.165 e. The Bertz CT molecular complexity index is 2120. The van der Waals surface area contributed by atoms with Crippen molar-refractivity contribution < 1.29 is 0 Å². The quantitative estimate of drug-likeness (QED) is 0.224. The number of hydrogen-bond acceptors (Lipinski definition) is 3. The van der Waals surface area contributed by atoms with Gasteiger partial charge in [-0.3, -0.25) is 9.55 Å². The number of rotatable bonds is 4. The Morgan fingerprint density at radius 1 is 0.632 bits per heavy atom. The predicted molar refractivity (Wildman–Crippen MR) is 161 cm³/mol. The van der Waals surface area contributed by atoms with Crippen molar-refractivity contribution in [1.82, 2.24) is 14.5 Å². The first kappa shape index (κ1) is 21.3. The molecule has 0 fully saturated rings. The molecule has 0 radical (unpaired) electrons. The molecule has 3 aromatic heterocycles. The molecule has 0 N–H and O–H groups in total. The molecule has 8 aromatic rings. The van der Waals surface area contributed by atoms with Crippen LogP contribution < -0.4 is 0 Å². The van der Waals surface area contributed by atoms with Crippen LogP contribution in [-0.4, -0.2) is 14.5 Å². The van der Waals surface area contributed by atoms with Crippen molar-refractivity contribution in [3.63, 3.8) is 0 Å². The molecule has 0 saturated heterocycles. The van der Waals surface area contributed by atoms with Crippen LogP contribution in [0.5, 0.6) is 0 Å². The number of nitrogens with zero attached hydrogens (tertiary/aromatic N) is 3. The van der Waals surface area contributed by atoms with Gasteiger partial charge in [-0.25, -0.2) is 4.98 Å². The molecule has 0 unspecified atom stereocenters. The molecule has 0 spiro atoms. The molecule has 0 bridgehead atoms. The van der Waals surface area contributed by atoms with E-state index in [9.17, 15) is 0 Å². The maximum absolute atomic E-state index is 4.93. The van der Waals surface area contributed by atoms with Gasteiger partial charge in [0.05, 0.1) is 11.0 Å². The van der Waals surface area contributed by atoms with E-state index in [4.69, 9.17) is 4.98 Å². The summed E-state index contributed by atoms with van der Waals surface area (Å²) in [7, 11) is 0. The standard InChI is InChI=1S/C34H21N3S/c1-2-10-30-28(8-1)36-34(29-9-3-4-21-35-29)37(30)31-20-18-26(38-31)17-15-22-11-12-25-14-13-23-6-5-7-24-16-19-27(22)33(25)32(23)24/h1-21H/b17-15+. The Kier molecular flexibility index (Phi) is 4.69. The van der Waals surface area contributed by atoms with E-state index in [0.29, 0.717) is 0 Å². The first-order chi connectivity index (χ1) is 18.8. The minimum absolute atomic E-state index is 0.857. The van der Waals surface area contributed by atoms with Crippen molar-refractivity contribution in [3.8, 4) is 16.5 Å². The smallest absolute Gasteiger partial charge is 0.165 e. The van der Waals surface area contributed by atoms with Gasteiger partial charge in [0.15, 0.2) is 5.82 Å². The number of imidazole rings is 1. The molecular weight excluding hydrogens is 482 g/mol. The lowest BCUT2D eigenvalue weighted by Gasteiger charge is -2.12. The highest BCUT2D eigenvalue weighted by Crippen LogP contribution is 2.37. The van der Waals surface area contributed by atoms with Crippen LogP contribution in [0.25, 0.3) is 72.0 Å². The van der Waals surface area contributed by atoms with Crippen molar-refractivity contribution in [2.45, 2.75) is 0 Å². The van der Waals surface area contributed by atoms with Gasteiger partial charge in [0.1, 0.15) is 10.7 Å². The summed E-state index contributed by atoms with van der Waals surface area (Å²) in [5, 5.41) is 8.98. The van der Waals surface area contributed by atoms with Gasteiger partial charge in [-0.15, -0.1) is 11.3 Å². The molecule has 0 aliphatic rings. The summed E-state index contributed by atoms with van der Waals surface area (Å²) in [6.45, 7) is 0. The molecule has 4 heteroatoms. The SMILES string of the molecule is C(=C\c1ccc2ccc3cccc4ccc1c2c34)/c1ccc(-n2c(-c3ccccn3)nc3ccccc32)s1. The normalized spacial score (nSPS) is 12.1. The molecular formula is C34H21N3S. The average molecular weight is 504 g/mol. The zero-order chi connectivity index (χ0) is 25.1. The molecule has 0 aliphatic heterocycles. The van der Waals surface area contributed by atoms with E-state index in [0.717, 1.165) is 27.6 Å². The second kappa shape index (κ2) is 8.37. The van der Waals surface area contributed by atoms with Gasteiger partial charge < -0.3 is 0 Å². The topological polar surface area (TPSA) is 30.7 Å². The first-order valence-corrected chi connectivity index (χ1v) is 13.5. The van der Waals surface area contributed by atoms with E-state index in [1.165, 1.54) is 42.8 Å². The molecule has 178 valence electrons. The van der Waals surface area contributed by atoms with Gasteiger partial charge in [0.2, 0.25) is 0 Å². The van der Waals surface area contributed by atoms with Crippen molar-refractivity contribution in [3.05, 3.63) is 126 Å². The number of hydrogen-bond donors (Lipinski definition) is 0. The largest absolute Gasteiger partial charge is 0.282 e. The zero-order valence-corrected chi connectivity index (χ0v) is 21.2. The van der Waals surface area contributed by atoms with Crippen molar-refractivity contribution in [2.24, 2.45) is 0 Å². The Morgan fingerprint density at radius 3 is 2.29 bits per heavy atom. The molecule has 0 atom stereocenters. The molecule has 8 rings (SSSR count). The maximum atomic E-state index is 4.93. The fourth-order valence-electron chi connectivity index (χ4n) is 5.54. The van der Waals surface area contributed by atoms with Gasteiger partial charge in [-0.05, 0) is 80.4 Å². The Hall–Kier alpha value is -4.80. The van der Waals surface area contributed by atoms with Crippen LogP contribution in [0.3, 0.4) is 0 Å². The number of fused-ring (bicyclic) bond motifs is 1. The number of aromatic nitrogens is 3. The summed E-state index contributed by atoms with van der Waals surface area (Å²) in [6.07, 6.45) is 6.28. The van der Waals surface area contributed by atoms with Gasteiger partial charge in [-0.1, -0.05) is 78.9 Å². The molecule has 0 saturated carbocycles. The summed E-state index contributed by atoms with van der Waals surface area (Å²) in [5.41, 5.74) is 4.14. The summed E-state index contributed by atoms with van der Waals surface area (Å²) < 4.78 is 2.22. The van der Waals surface area contributed by atoms with E-state index < -0.39 is 0 Å². The van der Waals surface area contributed by atoms with Crippen LogP contribution in [-0.2, 0) is 0 Å². The number of pyridine rings is 1. The Morgan fingerprint density at radius 2 is 1.42 bits per heavy atom. The number of thiophene rings is 1. The van der Waals surface area contributed by atoms with Gasteiger partial charge in [-0.2, -0.15) is 0 Å². The molecule has 3 nitrogen and oxygen atoms in total. The van der Waals surface area contributed by atoms with Crippen LogP contribution in [0.2, 0.25) is 0 Å². The lowest BCUT2D eigenvalue weighted by Crippen LogP contribution is -1.96. The third kappa shape index (κ3) is 3.28. The molecule has 3 heterocycles. The van der Waals surface area contributed by atoms with E-state index in [2.05, 4.69) is 107 Å². The van der Waals surface area contributed by atoms with E-state index in [1.807, 2.05) is 30.5 Å². The minimum Gasteiger partial charge on any atom is -0.282 e. The highest BCUT2D eigenvalue weighted by molar-refractivity contribution is 7.15. The minimum atomic E-state index is 0.857. The predicted octanol–water partition coefficient (Wildman–Crippen LogP) is 9.22. The monoisotopic (exact) mass is 503 g/mol. The van der Waals surface area contributed by atoms with Crippen molar-refractivity contribution in [1.29, 1.82) is 0 Å². The van der Waals surface area contributed by atoms with Crippen LogP contribution in [0.15, 0.2) is 115 Å². The fourth-order valence-corrected chi connectivity index (χ4v) is 6.47. The average Bonchev–Trinajstić information content (AvgIpc) is 3.60. The highest BCUT2D eigenvalue weighted by Gasteiger charge is 2.16. The van der Waals surface area contributed by atoms with Gasteiger partial charge >= 0.3 is 0 Å². The Balaban J connectivity index is 1.23. The molecule has 5 aromatic carbocycles.